The Bertz CT molecular complexity index is 126. The van der Waals surface area contributed by atoms with Crippen LogP contribution in [-0.4, -0.2) is 11.9 Å². The Kier molecular flexibility index (Phi) is 1.33. The normalized spacial score (nSPS) is 26.6. The molecule has 0 aromatic rings. The van der Waals surface area contributed by atoms with Crippen molar-refractivity contribution in [2.24, 2.45) is 0 Å². The Morgan fingerprint density at radius 1 is 1.88 bits per heavy atom. The summed E-state index contributed by atoms with van der Waals surface area (Å²) < 4.78 is 4.88. The molecule has 0 amide bonds. The predicted octanol–water partition coefficient (Wildman–Crippen LogP) is 0.878. The highest BCUT2D eigenvalue weighted by atomic mass is 16.5. The molecule has 0 aliphatic heterocycles. The van der Waals surface area contributed by atoms with E-state index in [1.54, 1.807) is 12.3 Å². The molecule has 1 rings (SSSR count). The zero-order valence-corrected chi connectivity index (χ0v) is 4.76. The first-order chi connectivity index (χ1) is 3.84. The average Bonchev–Trinajstić information content (AvgIpc) is 2.42. The van der Waals surface area contributed by atoms with Crippen molar-refractivity contribution in [3.05, 3.63) is 12.3 Å². The first kappa shape index (κ1) is 5.35. The van der Waals surface area contributed by atoms with Gasteiger partial charge in [-0.25, -0.2) is 0 Å². The van der Waals surface area contributed by atoms with Gasteiger partial charge in [0, 0.05) is 0 Å². The molecule has 1 aliphatic carbocycles. The summed E-state index contributed by atoms with van der Waals surface area (Å²) in [6.45, 7) is 1.85. The molecule has 0 spiro atoms. The van der Waals surface area contributed by atoms with Crippen LogP contribution in [0.2, 0.25) is 0 Å². The number of hydrogen-bond acceptors (Lipinski definition) is 2. The monoisotopic (exact) mass is 112 g/mol. The lowest BCUT2D eigenvalue weighted by atomic mass is 10.7. The minimum absolute atomic E-state index is 0.105. The van der Waals surface area contributed by atoms with Crippen molar-refractivity contribution in [3.63, 3.8) is 0 Å². The Morgan fingerprint density at radius 3 is 2.88 bits per heavy atom. The van der Waals surface area contributed by atoms with Gasteiger partial charge in [-0.15, -0.1) is 0 Å². The topological polar surface area (TPSA) is 26.3 Å². The Morgan fingerprint density at radius 2 is 2.50 bits per heavy atom. The van der Waals surface area contributed by atoms with E-state index in [0.29, 0.717) is 6.42 Å². The summed E-state index contributed by atoms with van der Waals surface area (Å²) in [7, 11) is 0. The van der Waals surface area contributed by atoms with E-state index in [1.807, 2.05) is 6.92 Å². The second kappa shape index (κ2) is 1.99. The quantitative estimate of drug-likeness (QED) is 0.495. The second-order valence-corrected chi connectivity index (χ2v) is 1.76. The third-order valence-electron chi connectivity index (χ3n) is 0.964. The lowest BCUT2D eigenvalue weighted by molar-refractivity contribution is -0.112. The lowest BCUT2D eigenvalue weighted by Crippen LogP contribution is -1.86. The van der Waals surface area contributed by atoms with Gasteiger partial charge < -0.3 is 4.74 Å². The minimum atomic E-state index is -0.105. The molecule has 1 atom stereocenters. The van der Waals surface area contributed by atoms with E-state index in [9.17, 15) is 4.79 Å². The molecule has 2 nitrogen and oxygen atoms in total. The van der Waals surface area contributed by atoms with Gasteiger partial charge in [0.15, 0.2) is 11.9 Å². The summed E-state index contributed by atoms with van der Waals surface area (Å²) in [5.41, 5.74) is 0. The first-order valence-electron chi connectivity index (χ1n) is 2.64. The average molecular weight is 112 g/mol. The maximum Gasteiger partial charge on any atom is 0.177 e. The third kappa shape index (κ3) is 1.09. The van der Waals surface area contributed by atoms with Crippen molar-refractivity contribution >= 4 is 5.78 Å². The number of carbonyl (C=O) groups excluding carboxylic acids is 1. The van der Waals surface area contributed by atoms with Crippen LogP contribution < -0.4 is 0 Å². The summed E-state index contributed by atoms with van der Waals surface area (Å²) in [4.78, 5) is 10.2. The van der Waals surface area contributed by atoms with E-state index in [2.05, 4.69) is 0 Å². The largest absolute Gasteiger partial charge is 0.490 e. The highest BCUT2D eigenvalue weighted by molar-refractivity contribution is 5.98. The molecule has 1 aliphatic rings. The third-order valence-corrected chi connectivity index (χ3v) is 0.964. The highest BCUT2D eigenvalue weighted by Gasteiger charge is 2.35. The van der Waals surface area contributed by atoms with Crippen molar-refractivity contribution in [3.8, 4) is 0 Å². The minimum Gasteiger partial charge on any atom is -0.490 e. The van der Waals surface area contributed by atoms with Gasteiger partial charge in [-0.2, -0.15) is 0 Å². The molecule has 1 unspecified atom stereocenters. The van der Waals surface area contributed by atoms with Gasteiger partial charge in [-0.1, -0.05) is 6.08 Å². The summed E-state index contributed by atoms with van der Waals surface area (Å²) in [5.74, 6) is 0.211. The van der Waals surface area contributed by atoms with Crippen LogP contribution in [0.4, 0.5) is 0 Å². The van der Waals surface area contributed by atoms with Crippen LogP contribution in [0.15, 0.2) is 12.3 Å². The molecular weight excluding hydrogens is 104 g/mol. The summed E-state index contributed by atoms with van der Waals surface area (Å²) in [5, 5.41) is 0. The second-order valence-electron chi connectivity index (χ2n) is 1.76. The zero-order chi connectivity index (χ0) is 5.98. The van der Waals surface area contributed by atoms with Crippen molar-refractivity contribution in [1.29, 1.82) is 0 Å². The van der Waals surface area contributed by atoms with E-state index >= 15 is 0 Å². The standard InChI is InChI=1S/C6H8O2/c1-2-3-8-6-4-5(6)7/h2-3,6H,4H2,1H3/b3-2+. The molecule has 0 heterocycles. The van der Waals surface area contributed by atoms with Crippen LogP contribution >= 0.6 is 0 Å². The molecule has 0 aromatic heterocycles. The maximum absolute atomic E-state index is 10.2. The van der Waals surface area contributed by atoms with Crippen molar-refractivity contribution in [2.75, 3.05) is 0 Å². The number of ether oxygens (including phenoxy) is 1. The van der Waals surface area contributed by atoms with Crippen molar-refractivity contribution in [1.82, 2.24) is 0 Å². The summed E-state index contributed by atoms with van der Waals surface area (Å²) >= 11 is 0. The van der Waals surface area contributed by atoms with Gasteiger partial charge in [0.25, 0.3) is 0 Å². The molecule has 8 heavy (non-hydrogen) atoms. The number of hydrogen-bond donors (Lipinski definition) is 0. The predicted molar refractivity (Wildman–Crippen MR) is 29.3 cm³/mol. The fourth-order valence-electron chi connectivity index (χ4n) is 0.421. The van der Waals surface area contributed by atoms with E-state index in [-0.39, 0.29) is 11.9 Å². The van der Waals surface area contributed by atoms with Crippen LogP contribution in [0.1, 0.15) is 13.3 Å². The maximum atomic E-state index is 10.2. The molecule has 1 saturated carbocycles. The molecule has 0 saturated heterocycles. The Hall–Kier alpha value is -0.790. The molecular formula is C6H8O2. The zero-order valence-electron chi connectivity index (χ0n) is 4.76. The molecule has 0 bridgehead atoms. The molecule has 0 aromatic carbocycles. The number of Topliss-reactive ketones (excluding diaryl/α,β-unsaturated/α-hetero) is 1. The number of allylic oxidation sites excluding steroid dienone is 1. The fourth-order valence-corrected chi connectivity index (χ4v) is 0.421. The van der Waals surface area contributed by atoms with Crippen LogP contribution in [-0.2, 0) is 9.53 Å². The van der Waals surface area contributed by atoms with Crippen LogP contribution in [0.3, 0.4) is 0 Å². The first-order valence-corrected chi connectivity index (χ1v) is 2.64. The van der Waals surface area contributed by atoms with E-state index in [0.717, 1.165) is 0 Å². The van der Waals surface area contributed by atoms with E-state index in [4.69, 9.17) is 4.74 Å². The van der Waals surface area contributed by atoms with Crippen LogP contribution in [0.5, 0.6) is 0 Å². The molecule has 0 N–H and O–H groups in total. The van der Waals surface area contributed by atoms with Gasteiger partial charge in [0.05, 0.1) is 12.7 Å². The van der Waals surface area contributed by atoms with Crippen molar-refractivity contribution < 1.29 is 9.53 Å². The number of rotatable bonds is 2. The Labute approximate surface area is 48.1 Å². The van der Waals surface area contributed by atoms with Gasteiger partial charge in [0.1, 0.15) is 0 Å². The van der Waals surface area contributed by atoms with Crippen molar-refractivity contribution in [2.45, 2.75) is 19.4 Å². The molecule has 0 radical (unpaired) electrons. The van der Waals surface area contributed by atoms with Gasteiger partial charge in [-0.05, 0) is 6.92 Å². The fraction of sp³-hybridized carbons (Fsp3) is 0.500. The molecule has 2 heteroatoms. The van der Waals surface area contributed by atoms with E-state index in [1.165, 1.54) is 0 Å². The summed E-state index contributed by atoms with van der Waals surface area (Å²) in [6, 6.07) is 0. The van der Waals surface area contributed by atoms with Gasteiger partial charge in [-0.3, -0.25) is 4.79 Å². The lowest BCUT2D eigenvalue weighted by Gasteiger charge is -1.88. The highest BCUT2D eigenvalue weighted by Crippen LogP contribution is 2.18. The van der Waals surface area contributed by atoms with Crippen LogP contribution in [0.25, 0.3) is 0 Å². The molecule has 1 fully saturated rings. The van der Waals surface area contributed by atoms with E-state index < -0.39 is 0 Å². The smallest absolute Gasteiger partial charge is 0.177 e. The summed E-state index contributed by atoms with van der Waals surface area (Å²) in [6.07, 6.45) is 3.82. The number of carbonyl (C=O) groups is 1. The van der Waals surface area contributed by atoms with Gasteiger partial charge >= 0.3 is 0 Å². The van der Waals surface area contributed by atoms with Crippen LogP contribution in [0, 0.1) is 0 Å². The number of ketones is 1. The Balaban J connectivity index is 2.14. The SMILES string of the molecule is C/C=C/OC1CC1=O. The molecule has 44 valence electrons. The van der Waals surface area contributed by atoms with Gasteiger partial charge in [0.2, 0.25) is 0 Å².